The predicted octanol–water partition coefficient (Wildman–Crippen LogP) is 4.05. The minimum absolute atomic E-state index is 0.212. The van der Waals surface area contributed by atoms with E-state index >= 15 is 0 Å². The Morgan fingerprint density at radius 1 is 1.28 bits per heavy atom. The Kier molecular flexibility index (Phi) is 6.51. The summed E-state index contributed by atoms with van der Waals surface area (Å²) in [7, 11) is 0. The van der Waals surface area contributed by atoms with Crippen LogP contribution in [0.25, 0.3) is 0 Å². The predicted molar refractivity (Wildman–Crippen MR) is 78.6 cm³/mol. The third-order valence-electron chi connectivity index (χ3n) is 2.81. The number of aryl methyl sites for hydroxylation is 1. The molecule has 102 valence electrons. The van der Waals surface area contributed by atoms with Crippen molar-refractivity contribution in [1.82, 2.24) is 5.32 Å². The maximum Gasteiger partial charge on any atom is 0.120 e. The molecule has 1 rings (SSSR count). The van der Waals surface area contributed by atoms with Crippen molar-refractivity contribution in [2.45, 2.75) is 40.2 Å². The van der Waals surface area contributed by atoms with Crippen molar-refractivity contribution < 1.29 is 4.74 Å². The Balaban J connectivity index is 2.49. The zero-order valence-electron chi connectivity index (χ0n) is 11.8. The van der Waals surface area contributed by atoms with Crippen molar-refractivity contribution in [2.24, 2.45) is 5.92 Å². The van der Waals surface area contributed by atoms with Gasteiger partial charge < -0.3 is 10.1 Å². The van der Waals surface area contributed by atoms with Crippen LogP contribution in [0.15, 0.2) is 18.2 Å². The zero-order chi connectivity index (χ0) is 13.5. The second kappa shape index (κ2) is 7.65. The number of rotatable bonds is 7. The van der Waals surface area contributed by atoms with E-state index in [1.165, 1.54) is 0 Å². The van der Waals surface area contributed by atoms with E-state index in [0.29, 0.717) is 5.92 Å². The molecule has 0 aromatic heterocycles. The first-order valence-electron chi connectivity index (χ1n) is 6.66. The molecule has 0 heterocycles. The molecule has 0 saturated carbocycles. The lowest BCUT2D eigenvalue weighted by Crippen LogP contribution is -2.33. The van der Waals surface area contributed by atoms with Gasteiger partial charge in [-0.3, -0.25) is 0 Å². The van der Waals surface area contributed by atoms with Gasteiger partial charge in [0.05, 0.1) is 0 Å². The van der Waals surface area contributed by atoms with Crippen molar-refractivity contribution >= 4 is 11.6 Å². The van der Waals surface area contributed by atoms with Crippen LogP contribution >= 0.6 is 11.6 Å². The molecule has 2 nitrogen and oxygen atoms in total. The monoisotopic (exact) mass is 269 g/mol. The summed E-state index contributed by atoms with van der Waals surface area (Å²) in [6.45, 7) is 10.5. The third kappa shape index (κ3) is 5.28. The minimum atomic E-state index is 0.212. The number of ether oxygens (including phenoxy) is 1. The fourth-order valence-electron chi connectivity index (χ4n) is 1.69. The molecule has 3 heteroatoms. The second-order valence-electron chi connectivity index (χ2n) is 5.11. The molecule has 0 fully saturated rings. The van der Waals surface area contributed by atoms with Gasteiger partial charge in [0, 0.05) is 11.6 Å². The number of nitrogens with one attached hydrogen (secondary N) is 1. The van der Waals surface area contributed by atoms with Crippen molar-refractivity contribution in [3.63, 3.8) is 0 Å². The maximum atomic E-state index is 6.00. The van der Waals surface area contributed by atoms with Crippen LogP contribution in [0, 0.1) is 12.8 Å². The van der Waals surface area contributed by atoms with E-state index in [-0.39, 0.29) is 6.10 Å². The first-order chi connectivity index (χ1) is 8.52. The van der Waals surface area contributed by atoms with E-state index in [4.69, 9.17) is 16.3 Å². The summed E-state index contributed by atoms with van der Waals surface area (Å²) in [6, 6.07) is 5.81. The SMILES string of the molecule is CCC(CNCC(C)C)Oc1ccc(Cl)c(C)c1. The topological polar surface area (TPSA) is 21.3 Å². The summed E-state index contributed by atoms with van der Waals surface area (Å²) in [6.07, 6.45) is 1.21. The van der Waals surface area contributed by atoms with Crippen LogP contribution in [0.3, 0.4) is 0 Å². The highest BCUT2D eigenvalue weighted by Crippen LogP contribution is 2.22. The molecule has 0 bridgehead atoms. The van der Waals surface area contributed by atoms with E-state index in [0.717, 1.165) is 35.8 Å². The highest BCUT2D eigenvalue weighted by molar-refractivity contribution is 6.31. The van der Waals surface area contributed by atoms with Gasteiger partial charge in [-0.05, 0) is 49.6 Å². The van der Waals surface area contributed by atoms with Crippen LogP contribution in [-0.2, 0) is 0 Å². The fraction of sp³-hybridized carbons (Fsp3) is 0.600. The molecule has 18 heavy (non-hydrogen) atoms. The zero-order valence-corrected chi connectivity index (χ0v) is 12.6. The molecule has 1 unspecified atom stereocenters. The maximum absolute atomic E-state index is 6.00. The molecule has 1 N–H and O–H groups in total. The Morgan fingerprint density at radius 3 is 2.56 bits per heavy atom. The van der Waals surface area contributed by atoms with E-state index in [1.807, 2.05) is 25.1 Å². The highest BCUT2D eigenvalue weighted by Gasteiger charge is 2.08. The van der Waals surface area contributed by atoms with Gasteiger partial charge in [0.15, 0.2) is 0 Å². The molecule has 0 spiro atoms. The largest absolute Gasteiger partial charge is 0.489 e. The molecule has 0 radical (unpaired) electrons. The number of hydrogen-bond acceptors (Lipinski definition) is 2. The van der Waals surface area contributed by atoms with Crippen LogP contribution in [-0.4, -0.2) is 19.2 Å². The lowest BCUT2D eigenvalue weighted by atomic mass is 10.2. The summed E-state index contributed by atoms with van der Waals surface area (Å²) >= 11 is 6.00. The van der Waals surface area contributed by atoms with Crippen molar-refractivity contribution in [3.8, 4) is 5.75 Å². The van der Waals surface area contributed by atoms with E-state index < -0.39 is 0 Å². The highest BCUT2D eigenvalue weighted by atomic mass is 35.5. The van der Waals surface area contributed by atoms with Crippen molar-refractivity contribution in [3.05, 3.63) is 28.8 Å². The summed E-state index contributed by atoms with van der Waals surface area (Å²) in [5.74, 6) is 1.57. The van der Waals surface area contributed by atoms with E-state index in [1.54, 1.807) is 0 Å². The van der Waals surface area contributed by atoms with Gasteiger partial charge in [-0.2, -0.15) is 0 Å². The normalized spacial score (nSPS) is 12.8. The Labute approximate surface area is 116 Å². The van der Waals surface area contributed by atoms with Gasteiger partial charge in [0.1, 0.15) is 11.9 Å². The second-order valence-corrected chi connectivity index (χ2v) is 5.52. The van der Waals surface area contributed by atoms with Gasteiger partial charge in [-0.1, -0.05) is 32.4 Å². The van der Waals surface area contributed by atoms with Crippen LogP contribution in [0.4, 0.5) is 0 Å². The lowest BCUT2D eigenvalue weighted by Gasteiger charge is -2.19. The average Bonchev–Trinajstić information content (AvgIpc) is 2.32. The minimum Gasteiger partial charge on any atom is -0.489 e. The average molecular weight is 270 g/mol. The number of hydrogen-bond donors (Lipinski definition) is 1. The molecule has 0 saturated heterocycles. The van der Waals surface area contributed by atoms with Crippen LogP contribution in [0.1, 0.15) is 32.8 Å². The van der Waals surface area contributed by atoms with Crippen LogP contribution in [0.5, 0.6) is 5.75 Å². The smallest absolute Gasteiger partial charge is 0.120 e. The van der Waals surface area contributed by atoms with Gasteiger partial charge in [-0.15, -0.1) is 0 Å². The first-order valence-corrected chi connectivity index (χ1v) is 7.04. The number of benzene rings is 1. The fourth-order valence-corrected chi connectivity index (χ4v) is 1.80. The summed E-state index contributed by atoms with van der Waals surface area (Å²) in [5.41, 5.74) is 1.05. The molecule has 0 aliphatic carbocycles. The molecular weight excluding hydrogens is 246 g/mol. The molecule has 0 amide bonds. The molecule has 0 aliphatic rings. The molecule has 1 aromatic rings. The molecule has 0 aliphatic heterocycles. The Bertz CT molecular complexity index is 366. The van der Waals surface area contributed by atoms with E-state index in [9.17, 15) is 0 Å². The van der Waals surface area contributed by atoms with E-state index in [2.05, 4.69) is 26.1 Å². The van der Waals surface area contributed by atoms with Crippen molar-refractivity contribution in [1.29, 1.82) is 0 Å². The molecule has 1 atom stereocenters. The summed E-state index contributed by atoms with van der Waals surface area (Å²) < 4.78 is 5.96. The molecular formula is C15H24ClNO. The Morgan fingerprint density at radius 2 is 2.00 bits per heavy atom. The third-order valence-corrected chi connectivity index (χ3v) is 3.24. The van der Waals surface area contributed by atoms with Crippen molar-refractivity contribution in [2.75, 3.05) is 13.1 Å². The van der Waals surface area contributed by atoms with Gasteiger partial charge >= 0.3 is 0 Å². The van der Waals surface area contributed by atoms with Crippen LogP contribution < -0.4 is 10.1 Å². The quantitative estimate of drug-likeness (QED) is 0.806. The van der Waals surface area contributed by atoms with Crippen LogP contribution in [0.2, 0.25) is 5.02 Å². The van der Waals surface area contributed by atoms with Gasteiger partial charge in [0.25, 0.3) is 0 Å². The number of halogens is 1. The van der Waals surface area contributed by atoms with Gasteiger partial charge in [0.2, 0.25) is 0 Å². The molecule has 1 aromatic carbocycles. The summed E-state index contributed by atoms with van der Waals surface area (Å²) in [5, 5.41) is 4.22. The lowest BCUT2D eigenvalue weighted by molar-refractivity contribution is 0.192. The van der Waals surface area contributed by atoms with Gasteiger partial charge in [-0.25, -0.2) is 0 Å². The standard InChI is InChI=1S/C15H24ClNO/c1-5-13(10-17-9-11(2)3)18-14-6-7-15(16)12(4)8-14/h6-8,11,13,17H,5,9-10H2,1-4H3. The summed E-state index contributed by atoms with van der Waals surface area (Å²) in [4.78, 5) is 0. The Hall–Kier alpha value is -0.730. The first kappa shape index (κ1) is 15.3.